The normalized spacial score (nSPS) is 20.2. The Kier molecular flexibility index (Phi) is 7.65. The maximum absolute atomic E-state index is 13.8. The van der Waals surface area contributed by atoms with Gasteiger partial charge in [0.2, 0.25) is 11.8 Å². The molecule has 41 heavy (non-hydrogen) atoms. The zero-order valence-corrected chi connectivity index (χ0v) is 23.2. The highest BCUT2D eigenvalue weighted by molar-refractivity contribution is 5.97. The molecule has 1 aromatic heterocycles. The molecule has 1 aliphatic carbocycles. The molecule has 1 saturated heterocycles. The van der Waals surface area contributed by atoms with Crippen molar-refractivity contribution in [3.8, 4) is 40.5 Å². The van der Waals surface area contributed by atoms with Crippen molar-refractivity contribution in [2.45, 2.75) is 63.3 Å². The zero-order chi connectivity index (χ0) is 28.2. The standard InChI is InChI=1S/C35H32N4O2/c1-2-11-29-15-10-19-39(29)35(40)28-21-26(30-16-7-6-14-25(30)23-36)20-27(22-28)33-37-38-34(41-33)32-18-9-8-17-31(32)24-12-4-3-5-13-24/h3-7,12-14,16,20-22,29,31-32H,8-10,15,17-19H2,1H3/t29-,31?,32?/m0/s1. The molecule has 2 aliphatic rings. The Labute approximate surface area is 241 Å². The lowest BCUT2D eigenvalue weighted by Gasteiger charge is -2.29. The Morgan fingerprint density at radius 2 is 1.66 bits per heavy atom. The van der Waals surface area contributed by atoms with E-state index in [4.69, 9.17) is 4.42 Å². The van der Waals surface area contributed by atoms with Crippen LogP contribution in [0.15, 0.2) is 77.2 Å². The maximum Gasteiger partial charge on any atom is 0.254 e. The Hall–Kier alpha value is -4.68. The van der Waals surface area contributed by atoms with Crippen LogP contribution in [0.1, 0.15) is 84.7 Å². The van der Waals surface area contributed by atoms with Crippen molar-refractivity contribution in [3.05, 3.63) is 95.4 Å². The van der Waals surface area contributed by atoms with Gasteiger partial charge in [-0.25, -0.2) is 0 Å². The molecular formula is C35H32N4O2. The maximum atomic E-state index is 13.8. The molecule has 3 atom stereocenters. The molecule has 0 spiro atoms. The van der Waals surface area contributed by atoms with E-state index in [9.17, 15) is 10.1 Å². The van der Waals surface area contributed by atoms with Crippen molar-refractivity contribution < 1.29 is 9.21 Å². The molecule has 6 rings (SSSR count). The zero-order valence-electron chi connectivity index (χ0n) is 23.2. The van der Waals surface area contributed by atoms with Gasteiger partial charge in [-0.3, -0.25) is 4.79 Å². The first-order chi connectivity index (χ1) is 20.2. The van der Waals surface area contributed by atoms with Gasteiger partial charge in [0, 0.05) is 23.6 Å². The summed E-state index contributed by atoms with van der Waals surface area (Å²) in [4.78, 5) is 15.7. The van der Waals surface area contributed by atoms with E-state index < -0.39 is 0 Å². The molecular weight excluding hydrogens is 508 g/mol. The predicted octanol–water partition coefficient (Wildman–Crippen LogP) is 7.34. The highest BCUT2D eigenvalue weighted by atomic mass is 16.4. The average Bonchev–Trinajstić information content (AvgIpc) is 3.72. The van der Waals surface area contributed by atoms with Gasteiger partial charge in [0.1, 0.15) is 0 Å². The lowest BCUT2D eigenvalue weighted by molar-refractivity contribution is 0.0766. The SMILES string of the molecule is CC#C[C@H]1CCCN1C(=O)c1cc(-c2nnc(C3CCCCC3c3ccccc3)o2)cc(-c2ccccc2C#N)c1. The number of benzene rings is 3. The molecule has 0 radical (unpaired) electrons. The molecule has 0 N–H and O–H groups in total. The molecule has 1 amide bonds. The van der Waals surface area contributed by atoms with Crippen LogP contribution in [0, 0.1) is 23.2 Å². The van der Waals surface area contributed by atoms with Gasteiger partial charge in [0.15, 0.2) is 0 Å². The fourth-order valence-corrected chi connectivity index (χ4v) is 6.38. The van der Waals surface area contributed by atoms with Crippen molar-refractivity contribution in [2.24, 2.45) is 0 Å². The summed E-state index contributed by atoms with van der Waals surface area (Å²) in [7, 11) is 0. The van der Waals surface area contributed by atoms with E-state index in [2.05, 4.69) is 52.4 Å². The first-order valence-corrected chi connectivity index (χ1v) is 14.4. The average molecular weight is 541 g/mol. The van der Waals surface area contributed by atoms with Crippen LogP contribution in [0.25, 0.3) is 22.6 Å². The van der Waals surface area contributed by atoms with E-state index in [-0.39, 0.29) is 17.9 Å². The van der Waals surface area contributed by atoms with Crippen LogP contribution in [-0.4, -0.2) is 33.6 Å². The van der Waals surface area contributed by atoms with Gasteiger partial charge in [-0.15, -0.1) is 16.1 Å². The van der Waals surface area contributed by atoms with Gasteiger partial charge in [0.25, 0.3) is 5.91 Å². The third-order valence-corrected chi connectivity index (χ3v) is 8.36. The minimum atomic E-state index is -0.0952. The Morgan fingerprint density at radius 1 is 0.902 bits per heavy atom. The molecule has 1 saturated carbocycles. The molecule has 6 heteroatoms. The lowest BCUT2D eigenvalue weighted by Crippen LogP contribution is -2.34. The van der Waals surface area contributed by atoms with Gasteiger partial charge in [0.05, 0.1) is 17.7 Å². The van der Waals surface area contributed by atoms with Crippen LogP contribution in [0.5, 0.6) is 0 Å². The van der Waals surface area contributed by atoms with E-state index in [1.54, 1.807) is 13.0 Å². The molecule has 4 aromatic rings. The van der Waals surface area contributed by atoms with Gasteiger partial charge >= 0.3 is 0 Å². The topological polar surface area (TPSA) is 83.0 Å². The molecule has 2 unspecified atom stereocenters. The first-order valence-electron chi connectivity index (χ1n) is 14.4. The summed E-state index contributed by atoms with van der Waals surface area (Å²) in [5.74, 6) is 7.58. The van der Waals surface area contributed by atoms with E-state index in [1.165, 1.54) is 12.0 Å². The number of amides is 1. The van der Waals surface area contributed by atoms with Crippen LogP contribution >= 0.6 is 0 Å². The number of nitriles is 1. The number of hydrogen-bond donors (Lipinski definition) is 0. The minimum Gasteiger partial charge on any atom is -0.420 e. The highest BCUT2D eigenvalue weighted by Crippen LogP contribution is 2.44. The fraction of sp³-hybridized carbons (Fsp3) is 0.314. The molecule has 204 valence electrons. The van der Waals surface area contributed by atoms with Crippen LogP contribution in [0.2, 0.25) is 0 Å². The lowest BCUT2D eigenvalue weighted by atomic mass is 9.75. The number of aromatic nitrogens is 2. The summed E-state index contributed by atoms with van der Waals surface area (Å²) >= 11 is 0. The molecule has 3 aromatic carbocycles. The summed E-state index contributed by atoms with van der Waals surface area (Å²) in [5.41, 5.74) is 4.55. The summed E-state index contributed by atoms with van der Waals surface area (Å²) in [5, 5.41) is 18.8. The second-order valence-corrected chi connectivity index (χ2v) is 10.9. The monoisotopic (exact) mass is 540 g/mol. The summed E-state index contributed by atoms with van der Waals surface area (Å²) in [6.45, 7) is 2.47. The number of carbonyl (C=O) groups excluding carboxylic acids is 1. The summed E-state index contributed by atoms with van der Waals surface area (Å²) in [6, 6.07) is 25.8. The fourth-order valence-electron chi connectivity index (χ4n) is 6.38. The predicted molar refractivity (Wildman–Crippen MR) is 158 cm³/mol. The molecule has 2 heterocycles. The van der Waals surface area contributed by atoms with Gasteiger partial charge in [-0.1, -0.05) is 67.3 Å². The number of likely N-dealkylation sites (tertiary alicyclic amines) is 1. The number of rotatable bonds is 5. The van der Waals surface area contributed by atoms with Gasteiger partial charge < -0.3 is 9.32 Å². The number of hydrogen-bond acceptors (Lipinski definition) is 5. The first kappa shape index (κ1) is 26.5. The third-order valence-electron chi connectivity index (χ3n) is 8.36. The molecule has 6 nitrogen and oxygen atoms in total. The Balaban J connectivity index is 1.41. The van der Waals surface area contributed by atoms with Crippen LogP contribution < -0.4 is 0 Å². The molecule has 0 bridgehead atoms. The van der Waals surface area contributed by atoms with Crippen LogP contribution in [0.4, 0.5) is 0 Å². The summed E-state index contributed by atoms with van der Waals surface area (Å²) in [6.07, 6.45) is 6.18. The molecule has 1 aliphatic heterocycles. The van der Waals surface area contributed by atoms with Crippen molar-refractivity contribution in [3.63, 3.8) is 0 Å². The summed E-state index contributed by atoms with van der Waals surface area (Å²) < 4.78 is 6.39. The van der Waals surface area contributed by atoms with Crippen molar-refractivity contribution in [2.75, 3.05) is 6.54 Å². The smallest absolute Gasteiger partial charge is 0.254 e. The van der Waals surface area contributed by atoms with E-state index >= 15 is 0 Å². The second kappa shape index (κ2) is 11.8. The Morgan fingerprint density at radius 3 is 2.46 bits per heavy atom. The van der Waals surface area contributed by atoms with E-state index in [1.807, 2.05) is 47.4 Å². The number of carbonyl (C=O) groups is 1. The van der Waals surface area contributed by atoms with Crippen LogP contribution in [-0.2, 0) is 0 Å². The van der Waals surface area contributed by atoms with Crippen LogP contribution in [0.3, 0.4) is 0 Å². The van der Waals surface area contributed by atoms with Crippen molar-refractivity contribution >= 4 is 5.91 Å². The van der Waals surface area contributed by atoms with Crippen molar-refractivity contribution in [1.82, 2.24) is 15.1 Å². The van der Waals surface area contributed by atoms with E-state index in [0.29, 0.717) is 40.9 Å². The number of nitrogens with zero attached hydrogens (tertiary/aromatic N) is 4. The van der Waals surface area contributed by atoms with Gasteiger partial charge in [-0.2, -0.15) is 5.26 Å². The van der Waals surface area contributed by atoms with Crippen molar-refractivity contribution in [1.29, 1.82) is 5.26 Å². The van der Waals surface area contributed by atoms with E-state index in [0.717, 1.165) is 43.2 Å². The largest absolute Gasteiger partial charge is 0.420 e. The Bertz CT molecular complexity index is 1660. The second-order valence-electron chi connectivity index (χ2n) is 10.9. The minimum absolute atomic E-state index is 0.0797. The highest BCUT2D eigenvalue weighted by Gasteiger charge is 2.33. The van der Waals surface area contributed by atoms with Gasteiger partial charge in [-0.05, 0) is 79.5 Å². The third kappa shape index (κ3) is 5.39. The molecule has 2 fully saturated rings. The quantitative estimate of drug-likeness (QED) is 0.247.